The van der Waals surface area contributed by atoms with Crippen molar-refractivity contribution in [1.82, 2.24) is 4.98 Å². The van der Waals surface area contributed by atoms with Gasteiger partial charge in [-0.25, -0.2) is 0 Å². The van der Waals surface area contributed by atoms with Crippen molar-refractivity contribution < 1.29 is 9.90 Å². The van der Waals surface area contributed by atoms with E-state index >= 15 is 0 Å². The Morgan fingerprint density at radius 1 is 1.04 bits per heavy atom. The van der Waals surface area contributed by atoms with Crippen LogP contribution < -0.4 is 0 Å². The Morgan fingerprint density at radius 2 is 1.76 bits per heavy atom. The van der Waals surface area contributed by atoms with Gasteiger partial charge in [-0.1, -0.05) is 36.4 Å². The molecule has 0 spiro atoms. The van der Waals surface area contributed by atoms with Gasteiger partial charge >= 0.3 is 0 Å². The van der Waals surface area contributed by atoms with Gasteiger partial charge in [-0.3, -0.25) is 9.78 Å². The molecule has 0 bridgehead atoms. The predicted octanol–water partition coefficient (Wildman–Crippen LogP) is 4.81. The minimum absolute atomic E-state index is 0.0530. The number of hydrogen-bond acceptors (Lipinski definition) is 3. The van der Waals surface area contributed by atoms with E-state index in [0.717, 1.165) is 22.4 Å². The second kappa shape index (κ2) is 7.31. The van der Waals surface area contributed by atoms with Gasteiger partial charge in [0.15, 0.2) is 5.78 Å². The van der Waals surface area contributed by atoms with E-state index in [1.165, 1.54) is 0 Å². The number of carbonyl (C=O) groups is 1. The lowest BCUT2D eigenvalue weighted by molar-refractivity contribution is 0.0977. The van der Waals surface area contributed by atoms with Crippen LogP contribution in [0.5, 0.6) is 5.75 Å². The van der Waals surface area contributed by atoms with Gasteiger partial charge in [-0.05, 0) is 54.8 Å². The van der Waals surface area contributed by atoms with Gasteiger partial charge in [0.2, 0.25) is 0 Å². The number of nitrogens with zero attached hydrogens (tertiary/aromatic N) is 1. The van der Waals surface area contributed by atoms with Crippen LogP contribution in [0.1, 0.15) is 45.1 Å². The third-order valence-electron chi connectivity index (χ3n) is 4.47. The van der Waals surface area contributed by atoms with Crippen molar-refractivity contribution in [3.63, 3.8) is 0 Å². The molecule has 3 heteroatoms. The molecule has 1 aromatic heterocycles. The number of aryl methyl sites for hydroxylation is 2. The second-order valence-electron chi connectivity index (χ2n) is 6.31. The summed E-state index contributed by atoms with van der Waals surface area (Å²) in [4.78, 5) is 17.0. The number of Topliss-reactive ketones (excluding diaryl/α,β-unsaturated/α-hetero) is 1. The van der Waals surface area contributed by atoms with Crippen LogP contribution >= 0.6 is 0 Å². The van der Waals surface area contributed by atoms with Gasteiger partial charge in [-0.2, -0.15) is 0 Å². The highest BCUT2D eigenvalue weighted by molar-refractivity contribution is 5.96. The van der Waals surface area contributed by atoms with Crippen molar-refractivity contribution in [1.29, 1.82) is 0 Å². The number of aromatic nitrogens is 1. The SMILES string of the molecule is Cc1cc(C(=O)C[C@H](c2ccc(O)cc2)c2ccccc2C)ccn1. The molecule has 0 unspecified atom stereocenters. The zero-order valence-corrected chi connectivity index (χ0v) is 14.4. The molecular formula is C22H21NO2. The van der Waals surface area contributed by atoms with Gasteiger partial charge in [-0.15, -0.1) is 0 Å². The fraction of sp³-hybridized carbons (Fsp3) is 0.182. The number of phenolic OH excluding ortho intramolecular Hbond substituents is 1. The maximum Gasteiger partial charge on any atom is 0.163 e. The molecule has 0 amide bonds. The maximum atomic E-state index is 12.9. The Hall–Kier alpha value is -2.94. The van der Waals surface area contributed by atoms with E-state index in [1.807, 2.05) is 37.3 Å². The Labute approximate surface area is 148 Å². The second-order valence-corrected chi connectivity index (χ2v) is 6.31. The van der Waals surface area contributed by atoms with Crippen LogP contribution in [0.3, 0.4) is 0 Å². The zero-order valence-electron chi connectivity index (χ0n) is 14.4. The van der Waals surface area contributed by atoms with Crippen LogP contribution in [-0.4, -0.2) is 15.9 Å². The van der Waals surface area contributed by atoms with Crippen LogP contribution in [0, 0.1) is 13.8 Å². The molecule has 2 aromatic carbocycles. The fourth-order valence-corrected chi connectivity index (χ4v) is 3.11. The third-order valence-corrected chi connectivity index (χ3v) is 4.47. The van der Waals surface area contributed by atoms with Gasteiger partial charge in [0.1, 0.15) is 5.75 Å². The molecule has 3 rings (SSSR count). The standard InChI is InChI=1S/C22H21NO2/c1-15-5-3-4-6-20(15)21(17-7-9-19(24)10-8-17)14-22(25)18-11-12-23-16(2)13-18/h3-13,21,24H,14H2,1-2H3/t21-/m1/s1. The number of hydrogen-bond donors (Lipinski definition) is 1. The summed E-state index contributed by atoms with van der Waals surface area (Å²) in [7, 11) is 0. The minimum atomic E-state index is -0.0530. The Kier molecular flexibility index (Phi) is 4.94. The number of rotatable bonds is 5. The maximum absolute atomic E-state index is 12.9. The quantitative estimate of drug-likeness (QED) is 0.683. The van der Waals surface area contributed by atoms with Crippen LogP contribution in [0.2, 0.25) is 0 Å². The topological polar surface area (TPSA) is 50.2 Å². The lowest BCUT2D eigenvalue weighted by atomic mass is 9.84. The average molecular weight is 331 g/mol. The number of aromatic hydroxyl groups is 1. The summed E-state index contributed by atoms with van der Waals surface area (Å²) in [5.74, 6) is 0.262. The van der Waals surface area contributed by atoms with E-state index in [-0.39, 0.29) is 17.5 Å². The molecule has 25 heavy (non-hydrogen) atoms. The first-order chi connectivity index (χ1) is 12.0. The van der Waals surface area contributed by atoms with E-state index in [4.69, 9.17) is 0 Å². The molecule has 0 aliphatic carbocycles. The molecule has 1 heterocycles. The molecule has 3 nitrogen and oxygen atoms in total. The van der Waals surface area contributed by atoms with Crippen LogP contribution in [0.4, 0.5) is 0 Å². The summed E-state index contributed by atoms with van der Waals surface area (Å²) in [5, 5.41) is 9.58. The van der Waals surface area contributed by atoms with Gasteiger partial charge < -0.3 is 5.11 Å². The number of pyridine rings is 1. The lowest BCUT2D eigenvalue weighted by Crippen LogP contribution is -2.10. The summed E-state index contributed by atoms with van der Waals surface area (Å²) >= 11 is 0. The molecule has 0 aliphatic heterocycles. The molecular weight excluding hydrogens is 310 g/mol. The van der Waals surface area contributed by atoms with Crippen molar-refractivity contribution in [3.8, 4) is 5.75 Å². The monoisotopic (exact) mass is 331 g/mol. The van der Waals surface area contributed by atoms with E-state index in [0.29, 0.717) is 12.0 Å². The highest BCUT2D eigenvalue weighted by Gasteiger charge is 2.21. The van der Waals surface area contributed by atoms with Crippen molar-refractivity contribution in [2.45, 2.75) is 26.2 Å². The Balaban J connectivity index is 1.98. The average Bonchev–Trinajstić information content (AvgIpc) is 2.61. The minimum Gasteiger partial charge on any atom is -0.508 e. The molecule has 126 valence electrons. The molecule has 1 atom stereocenters. The number of phenols is 1. The zero-order chi connectivity index (χ0) is 17.8. The number of carbonyl (C=O) groups excluding carboxylic acids is 1. The van der Waals surface area contributed by atoms with Crippen molar-refractivity contribution >= 4 is 5.78 Å². The first-order valence-corrected chi connectivity index (χ1v) is 8.35. The number of ketones is 1. The van der Waals surface area contributed by atoms with Crippen molar-refractivity contribution in [2.24, 2.45) is 0 Å². The normalized spacial score (nSPS) is 11.9. The molecule has 1 N–H and O–H groups in total. The summed E-state index contributed by atoms with van der Waals surface area (Å²) in [6.45, 7) is 3.94. The smallest absolute Gasteiger partial charge is 0.163 e. The van der Waals surface area contributed by atoms with E-state index in [1.54, 1.807) is 24.4 Å². The van der Waals surface area contributed by atoms with Crippen molar-refractivity contribution in [3.05, 3.63) is 94.8 Å². The third kappa shape index (κ3) is 3.94. The van der Waals surface area contributed by atoms with Gasteiger partial charge in [0, 0.05) is 29.8 Å². The summed E-state index contributed by atoms with van der Waals surface area (Å²) in [6.07, 6.45) is 2.05. The van der Waals surface area contributed by atoms with Crippen LogP contribution in [0.15, 0.2) is 66.9 Å². The lowest BCUT2D eigenvalue weighted by Gasteiger charge is -2.20. The predicted molar refractivity (Wildman–Crippen MR) is 99.1 cm³/mol. The van der Waals surface area contributed by atoms with Gasteiger partial charge in [0.05, 0.1) is 0 Å². The molecule has 0 saturated heterocycles. The van der Waals surface area contributed by atoms with Gasteiger partial charge in [0.25, 0.3) is 0 Å². The Bertz CT molecular complexity index is 885. The van der Waals surface area contributed by atoms with Crippen LogP contribution in [0.25, 0.3) is 0 Å². The first kappa shape index (κ1) is 16.9. The molecule has 0 fully saturated rings. The number of benzene rings is 2. The van der Waals surface area contributed by atoms with Crippen LogP contribution in [-0.2, 0) is 0 Å². The van der Waals surface area contributed by atoms with E-state index in [2.05, 4.69) is 24.0 Å². The fourth-order valence-electron chi connectivity index (χ4n) is 3.11. The molecule has 0 radical (unpaired) electrons. The Morgan fingerprint density at radius 3 is 2.44 bits per heavy atom. The van der Waals surface area contributed by atoms with E-state index in [9.17, 15) is 9.90 Å². The molecule has 0 aliphatic rings. The summed E-state index contributed by atoms with van der Waals surface area (Å²) < 4.78 is 0. The molecule has 3 aromatic rings. The largest absolute Gasteiger partial charge is 0.508 e. The summed E-state index contributed by atoms with van der Waals surface area (Å²) in [5.41, 5.74) is 4.82. The van der Waals surface area contributed by atoms with E-state index < -0.39 is 0 Å². The highest BCUT2D eigenvalue weighted by Crippen LogP contribution is 2.32. The van der Waals surface area contributed by atoms with Crippen molar-refractivity contribution in [2.75, 3.05) is 0 Å². The molecule has 0 saturated carbocycles. The highest BCUT2D eigenvalue weighted by atomic mass is 16.3. The summed E-state index contributed by atoms with van der Waals surface area (Å²) in [6, 6.07) is 18.8. The first-order valence-electron chi connectivity index (χ1n) is 8.35.